The van der Waals surface area contributed by atoms with Crippen LogP contribution in [0.5, 0.6) is 0 Å². The number of rotatable bonds is 2. The first-order valence-corrected chi connectivity index (χ1v) is 5.04. The van der Waals surface area contributed by atoms with Crippen LogP contribution in [0.1, 0.15) is 40.0 Å². The highest BCUT2D eigenvalue weighted by molar-refractivity contribution is 5.04. The molecule has 4 heteroatoms. The summed E-state index contributed by atoms with van der Waals surface area (Å²) in [4.78, 5) is 0. The van der Waals surface area contributed by atoms with Gasteiger partial charge in [-0.25, -0.2) is 0 Å². The summed E-state index contributed by atoms with van der Waals surface area (Å²) in [6.07, 6.45) is -3.09. The Morgan fingerprint density at radius 1 is 1.21 bits per heavy atom. The molecule has 1 rings (SSSR count). The lowest BCUT2D eigenvalue weighted by atomic mass is 9.87. The second kappa shape index (κ2) is 3.40. The van der Waals surface area contributed by atoms with Gasteiger partial charge in [-0.3, -0.25) is 0 Å². The van der Waals surface area contributed by atoms with Crippen molar-refractivity contribution >= 4 is 0 Å². The predicted octanol–water partition coefficient (Wildman–Crippen LogP) is 3.11. The van der Waals surface area contributed by atoms with Gasteiger partial charge in [0.15, 0.2) is 0 Å². The van der Waals surface area contributed by atoms with Crippen LogP contribution in [-0.2, 0) is 0 Å². The van der Waals surface area contributed by atoms with Gasteiger partial charge in [-0.2, -0.15) is 13.2 Å². The molecule has 0 aromatic rings. The molecule has 1 unspecified atom stereocenters. The summed E-state index contributed by atoms with van der Waals surface area (Å²) in [6.45, 7) is 5.89. The fourth-order valence-electron chi connectivity index (χ4n) is 2.38. The highest BCUT2D eigenvalue weighted by Gasteiger charge is 2.59. The second-order valence-electron chi connectivity index (χ2n) is 4.95. The van der Waals surface area contributed by atoms with Crippen molar-refractivity contribution in [2.45, 2.75) is 51.7 Å². The van der Waals surface area contributed by atoms with Gasteiger partial charge in [0.2, 0.25) is 0 Å². The predicted molar refractivity (Wildman–Crippen MR) is 50.1 cm³/mol. The maximum atomic E-state index is 12.9. The summed E-state index contributed by atoms with van der Waals surface area (Å²) < 4.78 is 38.7. The van der Waals surface area contributed by atoms with E-state index in [2.05, 4.69) is 5.32 Å². The van der Waals surface area contributed by atoms with Gasteiger partial charge in [-0.15, -0.1) is 0 Å². The SMILES string of the molecule is CCNC1(C(F)(F)F)CCC(C)(C)C1. The van der Waals surface area contributed by atoms with Crippen molar-refractivity contribution in [2.75, 3.05) is 6.54 Å². The molecule has 1 saturated carbocycles. The molecule has 0 amide bonds. The van der Waals surface area contributed by atoms with Crippen molar-refractivity contribution in [1.82, 2.24) is 5.32 Å². The first-order chi connectivity index (χ1) is 6.22. The Balaban J connectivity index is 2.86. The molecule has 1 N–H and O–H groups in total. The molecule has 0 spiro atoms. The van der Waals surface area contributed by atoms with E-state index in [-0.39, 0.29) is 18.3 Å². The van der Waals surface area contributed by atoms with E-state index in [1.807, 2.05) is 13.8 Å². The molecule has 0 aromatic carbocycles. The van der Waals surface area contributed by atoms with Crippen molar-refractivity contribution in [3.63, 3.8) is 0 Å². The zero-order valence-corrected chi connectivity index (χ0v) is 8.96. The van der Waals surface area contributed by atoms with Crippen LogP contribution in [0.3, 0.4) is 0 Å². The van der Waals surface area contributed by atoms with E-state index >= 15 is 0 Å². The minimum Gasteiger partial charge on any atom is -0.304 e. The molecule has 0 aliphatic heterocycles. The number of nitrogens with one attached hydrogen (secondary N) is 1. The average molecular weight is 209 g/mol. The van der Waals surface area contributed by atoms with Crippen molar-refractivity contribution in [3.8, 4) is 0 Å². The van der Waals surface area contributed by atoms with E-state index in [1.165, 1.54) is 0 Å². The van der Waals surface area contributed by atoms with E-state index in [9.17, 15) is 13.2 Å². The highest BCUT2D eigenvalue weighted by atomic mass is 19.4. The monoisotopic (exact) mass is 209 g/mol. The molecule has 1 atom stereocenters. The Kier molecular flexibility index (Phi) is 2.87. The number of hydrogen-bond acceptors (Lipinski definition) is 1. The summed E-state index contributed by atoms with van der Waals surface area (Å²) in [7, 11) is 0. The van der Waals surface area contributed by atoms with Crippen molar-refractivity contribution in [3.05, 3.63) is 0 Å². The molecule has 0 bridgehead atoms. The third kappa shape index (κ3) is 2.05. The summed E-state index contributed by atoms with van der Waals surface area (Å²) in [5.74, 6) is 0. The lowest BCUT2D eigenvalue weighted by molar-refractivity contribution is -0.196. The summed E-state index contributed by atoms with van der Waals surface area (Å²) in [5.41, 5.74) is -1.83. The molecule has 0 saturated heterocycles. The lowest BCUT2D eigenvalue weighted by Gasteiger charge is -2.34. The quantitative estimate of drug-likeness (QED) is 0.736. The Morgan fingerprint density at radius 2 is 1.79 bits per heavy atom. The molecule has 1 aliphatic rings. The molecule has 1 nitrogen and oxygen atoms in total. The van der Waals surface area contributed by atoms with Crippen LogP contribution < -0.4 is 5.32 Å². The van der Waals surface area contributed by atoms with Gasteiger partial charge in [-0.05, 0) is 31.2 Å². The van der Waals surface area contributed by atoms with E-state index in [4.69, 9.17) is 0 Å². The maximum absolute atomic E-state index is 12.9. The minimum absolute atomic E-state index is 0.192. The zero-order chi connectivity index (χ0) is 11.0. The molecular weight excluding hydrogens is 191 g/mol. The second-order valence-corrected chi connectivity index (χ2v) is 4.95. The number of hydrogen-bond donors (Lipinski definition) is 1. The maximum Gasteiger partial charge on any atom is 0.406 e. The Labute approximate surface area is 83.1 Å². The molecule has 0 aromatic heterocycles. The Morgan fingerprint density at radius 3 is 2.07 bits per heavy atom. The smallest absolute Gasteiger partial charge is 0.304 e. The van der Waals surface area contributed by atoms with Crippen molar-refractivity contribution in [2.24, 2.45) is 5.41 Å². The van der Waals surface area contributed by atoms with Gasteiger partial charge >= 0.3 is 6.18 Å². The normalized spacial score (nSPS) is 32.1. The molecule has 0 radical (unpaired) electrons. The van der Waals surface area contributed by atoms with Crippen LogP contribution in [-0.4, -0.2) is 18.3 Å². The van der Waals surface area contributed by atoms with Gasteiger partial charge < -0.3 is 5.32 Å². The molecule has 84 valence electrons. The van der Waals surface area contributed by atoms with Crippen LogP contribution >= 0.6 is 0 Å². The Bertz CT molecular complexity index is 210. The van der Waals surface area contributed by atoms with E-state index in [0.717, 1.165) is 0 Å². The van der Waals surface area contributed by atoms with Crippen LogP contribution in [0, 0.1) is 5.41 Å². The number of alkyl halides is 3. The van der Waals surface area contributed by atoms with Gasteiger partial charge in [0, 0.05) is 0 Å². The Hall–Kier alpha value is -0.250. The largest absolute Gasteiger partial charge is 0.406 e. The van der Waals surface area contributed by atoms with Crippen LogP contribution in [0.2, 0.25) is 0 Å². The average Bonchev–Trinajstić information content (AvgIpc) is 2.27. The van der Waals surface area contributed by atoms with E-state index in [1.54, 1.807) is 6.92 Å². The molecule has 1 aliphatic carbocycles. The third-order valence-electron chi connectivity index (χ3n) is 3.07. The fraction of sp³-hybridized carbons (Fsp3) is 1.00. The van der Waals surface area contributed by atoms with Crippen molar-refractivity contribution in [1.29, 1.82) is 0 Å². The standard InChI is InChI=1S/C10H18F3N/c1-4-14-9(10(11,12)13)6-5-8(2,3)7-9/h14H,4-7H2,1-3H3. The van der Waals surface area contributed by atoms with Crippen LogP contribution in [0.15, 0.2) is 0 Å². The number of halogens is 3. The molecule has 14 heavy (non-hydrogen) atoms. The zero-order valence-electron chi connectivity index (χ0n) is 8.96. The van der Waals surface area contributed by atoms with E-state index in [0.29, 0.717) is 13.0 Å². The molecule has 0 heterocycles. The van der Waals surface area contributed by atoms with Crippen LogP contribution in [0.4, 0.5) is 13.2 Å². The van der Waals surface area contributed by atoms with Gasteiger partial charge in [0.1, 0.15) is 5.54 Å². The molecule has 1 fully saturated rings. The summed E-state index contributed by atoms with van der Waals surface area (Å²) in [5, 5.41) is 2.63. The summed E-state index contributed by atoms with van der Waals surface area (Å²) >= 11 is 0. The lowest BCUT2D eigenvalue weighted by Crippen LogP contribution is -2.55. The minimum atomic E-state index is -4.13. The van der Waals surface area contributed by atoms with Gasteiger partial charge in [0.25, 0.3) is 0 Å². The van der Waals surface area contributed by atoms with Gasteiger partial charge in [-0.1, -0.05) is 20.8 Å². The highest BCUT2D eigenvalue weighted by Crippen LogP contribution is 2.50. The third-order valence-corrected chi connectivity index (χ3v) is 3.07. The topological polar surface area (TPSA) is 12.0 Å². The first kappa shape index (κ1) is 11.8. The van der Waals surface area contributed by atoms with Crippen molar-refractivity contribution < 1.29 is 13.2 Å². The van der Waals surface area contributed by atoms with Gasteiger partial charge in [0.05, 0.1) is 0 Å². The summed E-state index contributed by atoms with van der Waals surface area (Å²) in [6, 6.07) is 0. The fourth-order valence-corrected chi connectivity index (χ4v) is 2.38. The molecular formula is C10H18F3N. The van der Waals surface area contributed by atoms with E-state index < -0.39 is 11.7 Å². The van der Waals surface area contributed by atoms with Crippen LogP contribution in [0.25, 0.3) is 0 Å². The first-order valence-electron chi connectivity index (χ1n) is 5.04.